The first-order valence-corrected chi connectivity index (χ1v) is 8.23. The molecule has 0 aliphatic carbocycles. The Kier molecular flexibility index (Phi) is 4.60. The molecule has 1 unspecified atom stereocenters. The number of fused-ring (bicyclic) bond motifs is 1. The molecular formula is C15H20N2O2S. The number of hydrogen-bond acceptors (Lipinski definition) is 2. The fraction of sp³-hybridized carbons (Fsp3) is 0.400. The quantitative estimate of drug-likeness (QED) is 0.888. The number of carbonyl (C=O) groups excluding carboxylic acids is 1. The third kappa shape index (κ3) is 3.10. The van der Waals surface area contributed by atoms with Crippen LogP contribution < -0.4 is 5.32 Å². The minimum absolute atomic E-state index is 0.113. The summed E-state index contributed by atoms with van der Waals surface area (Å²) < 4.78 is 11.3. The molecule has 5 heteroatoms. The lowest BCUT2D eigenvalue weighted by Crippen LogP contribution is -2.27. The van der Waals surface area contributed by atoms with Crippen molar-refractivity contribution in [2.45, 2.75) is 20.8 Å². The largest absolute Gasteiger partial charge is 0.358 e. The summed E-state index contributed by atoms with van der Waals surface area (Å²) in [6.07, 6.45) is 0. The van der Waals surface area contributed by atoms with E-state index in [-0.39, 0.29) is 5.91 Å². The van der Waals surface area contributed by atoms with Crippen molar-refractivity contribution in [2.24, 2.45) is 0 Å². The molecule has 0 aliphatic heterocycles. The van der Waals surface area contributed by atoms with Crippen molar-refractivity contribution in [2.75, 3.05) is 18.1 Å². The Morgan fingerprint density at radius 3 is 2.80 bits per heavy atom. The molecule has 1 heterocycles. The minimum atomic E-state index is -0.842. The molecule has 2 N–H and O–H groups in total. The van der Waals surface area contributed by atoms with Gasteiger partial charge in [-0.1, -0.05) is 6.92 Å². The van der Waals surface area contributed by atoms with E-state index in [9.17, 15) is 9.00 Å². The first-order valence-electron chi connectivity index (χ1n) is 6.75. The molecule has 0 saturated carbocycles. The van der Waals surface area contributed by atoms with Gasteiger partial charge in [-0.3, -0.25) is 9.00 Å². The van der Waals surface area contributed by atoms with E-state index in [1.54, 1.807) is 0 Å². The number of aryl methyl sites for hydroxylation is 2. The summed E-state index contributed by atoms with van der Waals surface area (Å²) in [7, 11) is -0.842. The molecule has 0 saturated heterocycles. The molecule has 0 bridgehead atoms. The zero-order valence-corrected chi connectivity index (χ0v) is 12.9. The third-order valence-electron chi connectivity index (χ3n) is 3.51. The molecule has 1 aromatic heterocycles. The highest BCUT2D eigenvalue weighted by molar-refractivity contribution is 7.84. The third-order valence-corrected chi connectivity index (χ3v) is 4.81. The van der Waals surface area contributed by atoms with E-state index in [0.717, 1.165) is 16.6 Å². The lowest BCUT2D eigenvalue weighted by molar-refractivity contribution is 0.0956. The van der Waals surface area contributed by atoms with Crippen LogP contribution in [0.3, 0.4) is 0 Å². The second kappa shape index (κ2) is 6.22. The first-order chi connectivity index (χ1) is 9.52. The molecule has 1 atom stereocenters. The van der Waals surface area contributed by atoms with Crippen molar-refractivity contribution < 1.29 is 9.00 Å². The van der Waals surface area contributed by atoms with Crippen LogP contribution in [0.15, 0.2) is 18.2 Å². The summed E-state index contributed by atoms with van der Waals surface area (Å²) in [5.41, 5.74) is 3.98. The van der Waals surface area contributed by atoms with E-state index >= 15 is 0 Å². The van der Waals surface area contributed by atoms with Crippen LogP contribution >= 0.6 is 0 Å². The Morgan fingerprint density at radius 2 is 2.10 bits per heavy atom. The molecule has 2 rings (SSSR count). The van der Waals surface area contributed by atoms with E-state index in [1.165, 1.54) is 5.56 Å². The Balaban J connectivity index is 2.10. The highest BCUT2D eigenvalue weighted by atomic mass is 32.2. The zero-order chi connectivity index (χ0) is 14.7. The number of benzene rings is 1. The van der Waals surface area contributed by atoms with Gasteiger partial charge in [0.1, 0.15) is 0 Å². The molecule has 108 valence electrons. The van der Waals surface area contributed by atoms with Crippen molar-refractivity contribution in [1.29, 1.82) is 0 Å². The fourth-order valence-electron chi connectivity index (χ4n) is 2.13. The van der Waals surface area contributed by atoms with Crippen molar-refractivity contribution in [3.63, 3.8) is 0 Å². The van der Waals surface area contributed by atoms with E-state index in [0.29, 0.717) is 23.6 Å². The second-order valence-corrected chi connectivity index (χ2v) is 6.69. The monoisotopic (exact) mass is 292 g/mol. The maximum atomic E-state index is 12.1. The molecule has 0 aliphatic rings. The van der Waals surface area contributed by atoms with Crippen LogP contribution in [0.5, 0.6) is 0 Å². The van der Waals surface area contributed by atoms with Gasteiger partial charge in [0.2, 0.25) is 0 Å². The Bertz CT molecular complexity index is 661. The van der Waals surface area contributed by atoms with E-state index in [1.807, 2.05) is 39.0 Å². The van der Waals surface area contributed by atoms with Gasteiger partial charge < -0.3 is 10.3 Å². The van der Waals surface area contributed by atoms with Crippen LogP contribution in [-0.4, -0.2) is 33.2 Å². The number of aromatic nitrogens is 1. The lowest BCUT2D eigenvalue weighted by atomic mass is 10.1. The van der Waals surface area contributed by atoms with Gasteiger partial charge in [0.15, 0.2) is 0 Å². The number of carbonyl (C=O) groups is 1. The van der Waals surface area contributed by atoms with Crippen LogP contribution in [0, 0.1) is 13.8 Å². The number of hydrogen-bond donors (Lipinski definition) is 2. The Hall–Kier alpha value is -1.62. The van der Waals surface area contributed by atoms with Crippen LogP contribution in [0.1, 0.15) is 28.5 Å². The summed E-state index contributed by atoms with van der Waals surface area (Å²) in [6.45, 7) is 6.39. The fourth-order valence-corrected chi connectivity index (χ4v) is 2.75. The predicted molar refractivity (Wildman–Crippen MR) is 83.7 cm³/mol. The van der Waals surface area contributed by atoms with Crippen LogP contribution in [-0.2, 0) is 10.8 Å². The van der Waals surface area contributed by atoms with Crippen molar-refractivity contribution in [3.05, 3.63) is 35.0 Å². The van der Waals surface area contributed by atoms with Gasteiger partial charge in [0, 0.05) is 51.0 Å². The smallest absolute Gasteiger partial charge is 0.251 e. The highest BCUT2D eigenvalue weighted by Crippen LogP contribution is 2.22. The second-order valence-electron chi connectivity index (χ2n) is 4.82. The number of aromatic amines is 1. The molecule has 0 fully saturated rings. The average molecular weight is 292 g/mol. The summed E-state index contributed by atoms with van der Waals surface area (Å²) in [5.74, 6) is 1.02. The van der Waals surface area contributed by atoms with Gasteiger partial charge in [0.25, 0.3) is 5.91 Å². The normalized spacial score (nSPS) is 12.6. The maximum Gasteiger partial charge on any atom is 0.251 e. The van der Waals surface area contributed by atoms with Gasteiger partial charge in [0.05, 0.1) is 0 Å². The molecule has 0 spiro atoms. The maximum absolute atomic E-state index is 12.1. The molecule has 4 nitrogen and oxygen atoms in total. The molecule has 1 aromatic carbocycles. The number of H-pyrrole nitrogens is 1. The summed E-state index contributed by atoms with van der Waals surface area (Å²) >= 11 is 0. The summed E-state index contributed by atoms with van der Waals surface area (Å²) in [4.78, 5) is 15.3. The lowest BCUT2D eigenvalue weighted by Gasteiger charge is -2.05. The molecular weight excluding hydrogens is 272 g/mol. The van der Waals surface area contributed by atoms with Crippen molar-refractivity contribution in [3.8, 4) is 0 Å². The van der Waals surface area contributed by atoms with Crippen LogP contribution in [0.25, 0.3) is 10.9 Å². The number of nitrogens with one attached hydrogen (secondary N) is 2. The van der Waals surface area contributed by atoms with Crippen molar-refractivity contribution in [1.82, 2.24) is 10.3 Å². The average Bonchev–Trinajstić information content (AvgIpc) is 2.73. The molecule has 1 amide bonds. The van der Waals surface area contributed by atoms with Crippen LogP contribution in [0.4, 0.5) is 0 Å². The molecule has 0 radical (unpaired) electrons. The number of rotatable bonds is 5. The van der Waals surface area contributed by atoms with Crippen molar-refractivity contribution >= 4 is 27.6 Å². The predicted octanol–water partition coefficient (Wildman–Crippen LogP) is 2.28. The Labute approximate surface area is 121 Å². The SMILES string of the molecule is CCS(=O)CCNC(=O)c1ccc2[nH]c(C)c(C)c2c1. The van der Waals surface area contributed by atoms with Gasteiger partial charge in [-0.25, -0.2) is 0 Å². The minimum Gasteiger partial charge on any atom is -0.358 e. The topological polar surface area (TPSA) is 62.0 Å². The van der Waals surface area contributed by atoms with E-state index < -0.39 is 10.8 Å². The van der Waals surface area contributed by atoms with E-state index in [4.69, 9.17) is 0 Å². The van der Waals surface area contributed by atoms with Gasteiger partial charge in [-0.2, -0.15) is 0 Å². The zero-order valence-electron chi connectivity index (χ0n) is 12.1. The van der Waals surface area contributed by atoms with Crippen LogP contribution in [0.2, 0.25) is 0 Å². The molecule has 2 aromatic rings. The van der Waals surface area contributed by atoms with E-state index in [2.05, 4.69) is 10.3 Å². The van der Waals surface area contributed by atoms with Gasteiger partial charge in [-0.05, 0) is 37.6 Å². The standard InChI is InChI=1S/C15H20N2O2S/c1-4-20(19)8-7-16-15(18)12-5-6-14-13(9-12)10(2)11(3)17-14/h5-6,9,17H,4,7-8H2,1-3H3,(H,16,18). The summed E-state index contributed by atoms with van der Waals surface area (Å²) in [6, 6.07) is 5.64. The number of amides is 1. The Morgan fingerprint density at radius 1 is 1.35 bits per heavy atom. The first kappa shape index (κ1) is 14.8. The van der Waals surface area contributed by atoms with Gasteiger partial charge in [-0.15, -0.1) is 0 Å². The highest BCUT2D eigenvalue weighted by Gasteiger charge is 2.09. The molecule has 20 heavy (non-hydrogen) atoms. The summed E-state index contributed by atoms with van der Waals surface area (Å²) in [5, 5.41) is 3.89. The van der Waals surface area contributed by atoms with Gasteiger partial charge >= 0.3 is 0 Å².